The quantitative estimate of drug-likeness (QED) is 0.876. The van der Waals surface area contributed by atoms with Crippen molar-refractivity contribution in [1.82, 2.24) is 4.90 Å². The summed E-state index contributed by atoms with van der Waals surface area (Å²) in [7, 11) is 0. The van der Waals surface area contributed by atoms with Crippen molar-refractivity contribution in [2.24, 2.45) is 5.92 Å². The summed E-state index contributed by atoms with van der Waals surface area (Å²) in [6.07, 6.45) is 2.61. The van der Waals surface area contributed by atoms with E-state index in [1.165, 1.54) is 12.1 Å². The van der Waals surface area contributed by atoms with E-state index >= 15 is 0 Å². The van der Waals surface area contributed by atoms with Crippen LogP contribution in [0.2, 0.25) is 0 Å². The summed E-state index contributed by atoms with van der Waals surface area (Å²) in [5, 5.41) is 12.2. The highest BCUT2D eigenvalue weighted by atomic mass is 19.1. The van der Waals surface area contributed by atoms with Crippen molar-refractivity contribution < 1.29 is 14.3 Å². The number of hydrogen-bond acceptors (Lipinski definition) is 3. The molecule has 0 aromatic heterocycles. The molecule has 2 unspecified atom stereocenters. The normalized spacial score (nSPS) is 23.0. The number of aliphatic hydroxyl groups is 1. The number of amides is 1. The van der Waals surface area contributed by atoms with E-state index in [0.29, 0.717) is 24.6 Å². The van der Waals surface area contributed by atoms with Crippen LogP contribution >= 0.6 is 0 Å². The van der Waals surface area contributed by atoms with Crippen LogP contribution in [0.15, 0.2) is 24.3 Å². The van der Waals surface area contributed by atoms with Crippen LogP contribution in [0.4, 0.5) is 10.1 Å². The molecule has 1 amide bonds. The number of nitrogens with zero attached hydrogens (tertiary/aromatic N) is 1. The number of carbonyl (C=O) groups excluding carboxylic acids is 1. The van der Waals surface area contributed by atoms with Crippen molar-refractivity contribution in [3.8, 4) is 0 Å². The second kappa shape index (κ2) is 7.52. The number of carbonyl (C=O) groups is 1. The SMILES string of the molecule is CC1CCCN(CCC(=O)Nc2ccc(F)cc2)C1CO. The third-order valence-corrected chi connectivity index (χ3v) is 4.17. The predicted octanol–water partition coefficient (Wildman–Crippen LogP) is 2.25. The maximum Gasteiger partial charge on any atom is 0.225 e. The summed E-state index contributed by atoms with van der Waals surface area (Å²) in [4.78, 5) is 14.1. The zero-order valence-corrected chi connectivity index (χ0v) is 12.4. The molecule has 4 nitrogen and oxygen atoms in total. The van der Waals surface area contributed by atoms with Crippen molar-refractivity contribution in [2.75, 3.05) is 25.0 Å². The van der Waals surface area contributed by atoms with Gasteiger partial charge in [-0.3, -0.25) is 9.69 Å². The molecule has 1 aromatic rings. The molecular formula is C16H23FN2O2. The second-order valence-corrected chi connectivity index (χ2v) is 5.71. The van der Waals surface area contributed by atoms with E-state index in [-0.39, 0.29) is 24.4 Å². The van der Waals surface area contributed by atoms with Crippen LogP contribution in [0.1, 0.15) is 26.2 Å². The summed E-state index contributed by atoms with van der Waals surface area (Å²) in [5.41, 5.74) is 0.604. The molecule has 1 saturated heterocycles. The lowest BCUT2D eigenvalue weighted by molar-refractivity contribution is -0.116. The van der Waals surface area contributed by atoms with E-state index in [9.17, 15) is 14.3 Å². The molecule has 5 heteroatoms. The average Bonchev–Trinajstić information content (AvgIpc) is 2.47. The van der Waals surface area contributed by atoms with E-state index in [2.05, 4.69) is 17.1 Å². The minimum absolute atomic E-state index is 0.0866. The highest BCUT2D eigenvalue weighted by Crippen LogP contribution is 2.23. The topological polar surface area (TPSA) is 52.6 Å². The molecule has 2 N–H and O–H groups in total. The number of halogens is 1. The molecule has 0 spiro atoms. The minimum Gasteiger partial charge on any atom is -0.395 e. The molecule has 2 rings (SSSR count). The molecule has 2 atom stereocenters. The first-order chi connectivity index (χ1) is 10.1. The van der Waals surface area contributed by atoms with Gasteiger partial charge in [0.15, 0.2) is 0 Å². The molecule has 1 fully saturated rings. The minimum atomic E-state index is -0.318. The number of rotatable bonds is 5. The fourth-order valence-corrected chi connectivity index (χ4v) is 2.91. The Labute approximate surface area is 125 Å². The number of likely N-dealkylation sites (tertiary alicyclic amines) is 1. The van der Waals surface area contributed by atoms with E-state index in [4.69, 9.17) is 0 Å². The van der Waals surface area contributed by atoms with Crippen LogP contribution in [0.3, 0.4) is 0 Å². The van der Waals surface area contributed by atoms with Crippen molar-refractivity contribution >= 4 is 11.6 Å². The van der Waals surface area contributed by atoms with Gasteiger partial charge in [0.05, 0.1) is 6.61 Å². The van der Waals surface area contributed by atoms with Gasteiger partial charge in [-0.15, -0.1) is 0 Å². The standard InChI is InChI=1S/C16H23FN2O2/c1-12-3-2-9-19(15(12)11-20)10-8-16(21)18-14-6-4-13(17)5-7-14/h4-7,12,15,20H,2-3,8-11H2,1H3,(H,18,21). The highest BCUT2D eigenvalue weighted by molar-refractivity contribution is 5.90. The summed E-state index contributed by atoms with van der Waals surface area (Å²) < 4.78 is 12.8. The highest BCUT2D eigenvalue weighted by Gasteiger charge is 2.27. The second-order valence-electron chi connectivity index (χ2n) is 5.71. The molecule has 0 bridgehead atoms. The Morgan fingerprint density at radius 2 is 2.14 bits per heavy atom. The summed E-state index contributed by atoms with van der Waals surface area (Å²) >= 11 is 0. The zero-order valence-electron chi connectivity index (χ0n) is 12.4. The fraction of sp³-hybridized carbons (Fsp3) is 0.562. The Balaban J connectivity index is 1.81. The maximum atomic E-state index is 12.8. The Morgan fingerprint density at radius 1 is 1.43 bits per heavy atom. The van der Waals surface area contributed by atoms with E-state index < -0.39 is 0 Å². The van der Waals surface area contributed by atoms with Gasteiger partial charge in [-0.25, -0.2) is 4.39 Å². The first-order valence-electron chi connectivity index (χ1n) is 7.50. The smallest absolute Gasteiger partial charge is 0.225 e. The molecule has 0 saturated carbocycles. The molecule has 1 heterocycles. The summed E-state index contributed by atoms with van der Waals surface area (Å²) in [6, 6.07) is 5.89. The maximum absolute atomic E-state index is 12.8. The van der Waals surface area contributed by atoms with Gasteiger partial charge in [0.25, 0.3) is 0 Å². The molecular weight excluding hydrogens is 271 g/mol. The van der Waals surface area contributed by atoms with Gasteiger partial charge in [-0.1, -0.05) is 6.92 Å². The zero-order chi connectivity index (χ0) is 15.2. The number of nitrogens with one attached hydrogen (secondary N) is 1. The van der Waals surface area contributed by atoms with Crippen LogP contribution in [0.25, 0.3) is 0 Å². The van der Waals surface area contributed by atoms with Gasteiger partial charge in [-0.2, -0.15) is 0 Å². The third-order valence-electron chi connectivity index (χ3n) is 4.17. The molecule has 0 radical (unpaired) electrons. The monoisotopic (exact) mass is 294 g/mol. The van der Waals surface area contributed by atoms with E-state index in [1.54, 1.807) is 12.1 Å². The molecule has 0 aliphatic carbocycles. The molecule has 21 heavy (non-hydrogen) atoms. The van der Waals surface area contributed by atoms with Gasteiger partial charge in [0.1, 0.15) is 5.82 Å². The molecule has 116 valence electrons. The van der Waals surface area contributed by atoms with Crippen LogP contribution in [0, 0.1) is 11.7 Å². The van der Waals surface area contributed by atoms with Crippen molar-refractivity contribution in [2.45, 2.75) is 32.2 Å². The van der Waals surface area contributed by atoms with Gasteiger partial charge < -0.3 is 10.4 Å². The van der Waals surface area contributed by atoms with Gasteiger partial charge in [0, 0.05) is 24.7 Å². The van der Waals surface area contributed by atoms with E-state index in [0.717, 1.165) is 19.4 Å². The number of aliphatic hydroxyl groups excluding tert-OH is 1. The van der Waals surface area contributed by atoms with Gasteiger partial charge in [0.2, 0.25) is 5.91 Å². The Hall–Kier alpha value is -1.46. The Bertz CT molecular complexity index is 464. The fourth-order valence-electron chi connectivity index (χ4n) is 2.91. The first-order valence-corrected chi connectivity index (χ1v) is 7.50. The first kappa shape index (κ1) is 15.9. The lowest BCUT2D eigenvalue weighted by Crippen LogP contribution is -2.47. The predicted molar refractivity (Wildman–Crippen MR) is 80.5 cm³/mol. The number of piperidine rings is 1. The van der Waals surface area contributed by atoms with E-state index in [1.807, 2.05) is 0 Å². The lowest BCUT2D eigenvalue weighted by atomic mass is 9.91. The van der Waals surface area contributed by atoms with Crippen LogP contribution < -0.4 is 5.32 Å². The third kappa shape index (κ3) is 4.51. The Morgan fingerprint density at radius 3 is 2.81 bits per heavy atom. The van der Waals surface area contributed by atoms with Crippen LogP contribution in [-0.2, 0) is 4.79 Å². The summed E-state index contributed by atoms with van der Waals surface area (Å²) in [5.74, 6) is 0.0570. The van der Waals surface area contributed by atoms with Crippen molar-refractivity contribution in [3.05, 3.63) is 30.1 Å². The van der Waals surface area contributed by atoms with Crippen LogP contribution in [0.5, 0.6) is 0 Å². The summed E-state index contributed by atoms with van der Waals surface area (Å²) in [6.45, 7) is 3.86. The van der Waals surface area contributed by atoms with Gasteiger partial charge in [-0.05, 0) is 49.6 Å². The molecule has 1 aliphatic heterocycles. The Kier molecular flexibility index (Phi) is 5.70. The van der Waals surface area contributed by atoms with Crippen LogP contribution in [-0.4, -0.2) is 41.7 Å². The molecule has 1 aromatic carbocycles. The van der Waals surface area contributed by atoms with Gasteiger partial charge >= 0.3 is 0 Å². The number of hydrogen-bond donors (Lipinski definition) is 2. The largest absolute Gasteiger partial charge is 0.395 e. The average molecular weight is 294 g/mol. The molecule has 1 aliphatic rings. The lowest BCUT2D eigenvalue weighted by Gasteiger charge is -2.38. The van der Waals surface area contributed by atoms with Crippen molar-refractivity contribution in [1.29, 1.82) is 0 Å². The number of anilines is 1. The number of benzene rings is 1. The van der Waals surface area contributed by atoms with Crippen molar-refractivity contribution in [3.63, 3.8) is 0 Å².